The van der Waals surface area contributed by atoms with Crippen molar-refractivity contribution in [2.75, 3.05) is 6.54 Å². The van der Waals surface area contributed by atoms with Gasteiger partial charge in [0, 0.05) is 13.1 Å². The molecule has 0 saturated heterocycles. The van der Waals surface area contributed by atoms with E-state index in [9.17, 15) is 4.79 Å². The Labute approximate surface area is 130 Å². The molecule has 4 heteroatoms. The Hall–Kier alpha value is -1.81. The van der Waals surface area contributed by atoms with Crippen molar-refractivity contribution in [3.63, 3.8) is 0 Å². The summed E-state index contributed by atoms with van der Waals surface area (Å²) >= 11 is 1.65. The summed E-state index contributed by atoms with van der Waals surface area (Å²) in [7, 11) is 0. The molecule has 0 radical (unpaired) electrons. The number of ether oxygens (including phenoxy) is 1. The minimum absolute atomic E-state index is 0.0342. The van der Waals surface area contributed by atoms with Crippen LogP contribution in [0.2, 0.25) is 0 Å². The fourth-order valence-electron chi connectivity index (χ4n) is 2.15. The first-order valence-corrected chi connectivity index (χ1v) is 8.16. The van der Waals surface area contributed by atoms with Gasteiger partial charge in [-0.25, -0.2) is 0 Å². The zero-order valence-corrected chi connectivity index (χ0v) is 13.3. The molecule has 0 saturated carbocycles. The van der Waals surface area contributed by atoms with E-state index in [1.807, 2.05) is 47.5 Å². The van der Waals surface area contributed by atoms with Crippen LogP contribution in [0.5, 0.6) is 5.75 Å². The minimum atomic E-state index is -0.474. The lowest BCUT2D eigenvalue weighted by Crippen LogP contribution is -2.40. The van der Waals surface area contributed by atoms with Gasteiger partial charge in [0.1, 0.15) is 5.75 Å². The van der Waals surface area contributed by atoms with E-state index in [4.69, 9.17) is 4.74 Å². The minimum Gasteiger partial charge on any atom is -0.481 e. The third-order valence-corrected chi connectivity index (χ3v) is 3.89. The fraction of sp³-hybridized carbons (Fsp3) is 0.353. The second-order valence-corrected chi connectivity index (χ2v) is 5.74. The molecule has 21 heavy (non-hydrogen) atoms. The predicted molar refractivity (Wildman–Crippen MR) is 86.6 cm³/mol. The standard InChI is InChI=1S/C17H21NO2S/c1-3-10-18(12-15-9-11-21-13-15)17(19)14(2)20-16-7-5-4-6-8-16/h4-9,11,13-14H,3,10,12H2,1-2H3/t14-/m0/s1. The Balaban J connectivity index is 1.99. The molecule has 3 nitrogen and oxygen atoms in total. The molecule has 1 aromatic carbocycles. The van der Waals surface area contributed by atoms with Crippen LogP contribution in [0.1, 0.15) is 25.8 Å². The first-order valence-electron chi connectivity index (χ1n) is 7.22. The molecule has 0 aliphatic carbocycles. The van der Waals surface area contributed by atoms with Gasteiger partial charge in [0.15, 0.2) is 6.10 Å². The largest absolute Gasteiger partial charge is 0.481 e. The van der Waals surface area contributed by atoms with Crippen LogP contribution in [0.15, 0.2) is 47.2 Å². The number of amides is 1. The molecule has 1 atom stereocenters. The Morgan fingerprint density at radius 1 is 1.29 bits per heavy atom. The number of nitrogens with zero attached hydrogens (tertiary/aromatic N) is 1. The second-order valence-electron chi connectivity index (χ2n) is 4.96. The summed E-state index contributed by atoms with van der Waals surface area (Å²) in [5.74, 6) is 0.761. The quantitative estimate of drug-likeness (QED) is 0.775. The van der Waals surface area contributed by atoms with Crippen LogP contribution >= 0.6 is 11.3 Å². The highest BCUT2D eigenvalue weighted by atomic mass is 32.1. The maximum atomic E-state index is 12.6. The number of para-hydroxylation sites is 1. The lowest BCUT2D eigenvalue weighted by Gasteiger charge is -2.25. The number of carbonyl (C=O) groups is 1. The first kappa shape index (κ1) is 15.6. The van der Waals surface area contributed by atoms with Gasteiger partial charge in [0.2, 0.25) is 0 Å². The molecule has 0 spiro atoms. The summed E-state index contributed by atoms with van der Waals surface area (Å²) < 4.78 is 5.73. The monoisotopic (exact) mass is 303 g/mol. The van der Waals surface area contributed by atoms with Gasteiger partial charge in [-0.2, -0.15) is 11.3 Å². The Bertz CT molecular complexity index is 539. The van der Waals surface area contributed by atoms with Gasteiger partial charge in [-0.1, -0.05) is 25.1 Å². The zero-order chi connectivity index (χ0) is 15.1. The van der Waals surface area contributed by atoms with Gasteiger partial charge < -0.3 is 9.64 Å². The van der Waals surface area contributed by atoms with Crippen molar-refractivity contribution in [1.82, 2.24) is 4.90 Å². The van der Waals surface area contributed by atoms with E-state index in [-0.39, 0.29) is 5.91 Å². The number of hydrogen-bond acceptors (Lipinski definition) is 3. The molecule has 2 aromatic rings. The fourth-order valence-corrected chi connectivity index (χ4v) is 2.81. The number of hydrogen-bond donors (Lipinski definition) is 0. The van der Waals surface area contributed by atoms with Crippen LogP contribution in [0.4, 0.5) is 0 Å². The van der Waals surface area contributed by atoms with E-state index >= 15 is 0 Å². The van der Waals surface area contributed by atoms with Crippen molar-refractivity contribution in [3.05, 3.63) is 52.7 Å². The predicted octanol–water partition coefficient (Wildman–Crippen LogP) is 3.95. The zero-order valence-electron chi connectivity index (χ0n) is 12.5. The van der Waals surface area contributed by atoms with Crippen LogP contribution in [0, 0.1) is 0 Å². The summed E-state index contributed by atoms with van der Waals surface area (Å²) in [6.45, 7) is 5.29. The van der Waals surface area contributed by atoms with Crippen LogP contribution in [0.3, 0.4) is 0 Å². The third-order valence-electron chi connectivity index (χ3n) is 3.16. The summed E-state index contributed by atoms with van der Waals surface area (Å²) in [4.78, 5) is 14.4. The van der Waals surface area contributed by atoms with Crippen molar-refractivity contribution < 1.29 is 9.53 Å². The molecule has 2 rings (SSSR count). The van der Waals surface area contributed by atoms with E-state index in [2.05, 4.69) is 18.4 Å². The van der Waals surface area contributed by atoms with Crippen LogP contribution in [0.25, 0.3) is 0 Å². The third kappa shape index (κ3) is 4.60. The average Bonchev–Trinajstić information content (AvgIpc) is 3.00. The van der Waals surface area contributed by atoms with Gasteiger partial charge in [-0.05, 0) is 47.9 Å². The normalized spacial score (nSPS) is 11.9. The molecule has 0 unspecified atom stereocenters. The summed E-state index contributed by atoms with van der Waals surface area (Å²) in [6, 6.07) is 11.5. The van der Waals surface area contributed by atoms with Crippen LogP contribution < -0.4 is 4.74 Å². The van der Waals surface area contributed by atoms with E-state index in [1.165, 1.54) is 5.56 Å². The summed E-state index contributed by atoms with van der Waals surface area (Å²) in [5, 5.41) is 4.12. The number of thiophene rings is 1. The highest BCUT2D eigenvalue weighted by Crippen LogP contribution is 2.15. The summed E-state index contributed by atoms with van der Waals surface area (Å²) in [6.07, 6.45) is 0.464. The lowest BCUT2D eigenvalue weighted by molar-refractivity contribution is -0.138. The van der Waals surface area contributed by atoms with E-state index in [0.717, 1.165) is 18.7 Å². The Kier molecular flexibility index (Phi) is 5.81. The number of rotatable bonds is 7. The highest BCUT2D eigenvalue weighted by Gasteiger charge is 2.21. The molecule has 1 aromatic heterocycles. The van der Waals surface area contributed by atoms with E-state index in [0.29, 0.717) is 6.54 Å². The van der Waals surface area contributed by atoms with Gasteiger partial charge in [0.05, 0.1) is 0 Å². The average molecular weight is 303 g/mol. The number of carbonyl (C=O) groups excluding carboxylic acids is 1. The topological polar surface area (TPSA) is 29.5 Å². The first-order chi connectivity index (χ1) is 10.2. The maximum absolute atomic E-state index is 12.6. The molecule has 112 valence electrons. The molecular weight excluding hydrogens is 282 g/mol. The summed E-state index contributed by atoms with van der Waals surface area (Å²) in [5.41, 5.74) is 1.17. The van der Waals surface area contributed by atoms with Gasteiger partial charge >= 0.3 is 0 Å². The Morgan fingerprint density at radius 3 is 2.67 bits per heavy atom. The molecule has 0 bridgehead atoms. The Morgan fingerprint density at radius 2 is 2.05 bits per heavy atom. The molecule has 0 N–H and O–H groups in total. The van der Waals surface area contributed by atoms with Crippen LogP contribution in [-0.2, 0) is 11.3 Å². The van der Waals surface area contributed by atoms with Crippen molar-refractivity contribution in [3.8, 4) is 5.75 Å². The van der Waals surface area contributed by atoms with Crippen molar-refractivity contribution in [1.29, 1.82) is 0 Å². The van der Waals surface area contributed by atoms with Crippen molar-refractivity contribution in [2.24, 2.45) is 0 Å². The SMILES string of the molecule is CCCN(Cc1ccsc1)C(=O)[C@H](C)Oc1ccccc1. The van der Waals surface area contributed by atoms with Gasteiger partial charge in [-0.3, -0.25) is 4.79 Å². The second kappa shape index (κ2) is 7.84. The highest BCUT2D eigenvalue weighted by molar-refractivity contribution is 7.07. The van der Waals surface area contributed by atoms with E-state index < -0.39 is 6.10 Å². The van der Waals surface area contributed by atoms with Crippen LogP contribution in [-0.4, -0.2) is 23.5 Å². The molecule has 0 aliphatic heterocycles. The maximum Gasteiger partial charge on any atom is 0.263 e. The molecule has 0 aliphatic rings. The van der Waals surface area contributed by atoms with Gasteiger partial charge in [-0.15, -0.1) is 0 Å². The van der Waals surface area contributed by atoms with Crippen molar-refractivity contribution in [2.45, 2.75) is 32.9 Å². The number of benzene rings is 1. The molecular formula is C17H21NO2S. The molecule has 0 fully saturated rings. The smallest absolute Gasteiger partial charge is 0.263 e. The molecule has 1 heterocycles. The molecule has 1 amide bonds. The van der Waals surface area contributed by atoms with Crippen molar-refractivity contribution >= 4 is 17.2 Å². The van der Waals surface area contributed by atoms with E-state index in [1.54, 1.807) is 11.3 Å². The lowest BCUT2D eigenvalue weighted by atomic mass is 10.2. The van der Waals surface area contributed by atoms with Gasteiger partial charge in [0.25, 0.3) is 5.91 Å².